The summed E-state index contributed by atoms with van der Waals surface area (Å²) < 4.78 is 0. The van der Waals surface area contributed by atoms with E-state index >= 15 is 0 Å². The Morgan fingerprint density at radius 3 is 2.30 bits per heavy atom. The van der Waals surface area contributed by atoms with Gasteiger partial charge in [-0.1, -0.05) is 72.8 Å². The van der Waals surface area contributed by atoms with Gasteiger partial charge in [0.05, 0.1) is 0 Å². The Morgan fingerprint density at radius 2 is 1.52 bits per heavy atom. The Hall–Kier alpha value is -2.61. The molecule has 0 N–H and O–H groups in total. The first-order valence-corrected chi connectivity index (χ1v) is 7.98. The van der Waals surface area contributed by atoms with Crippen LogP contribution in [0.15, 0.2) is 72.8 Å². The first-order valence-electron chi connectivity index (χ1n) is 7.98. The molecule has 3 aromatic carbocycles. The molecule has 0 aromatic heterocycles. The van der Waals surface area contributed by atoms with Crippen LogP contribution < -0.4 is 0 Å². The molecule has 2 heteroatoms. The molecule has 0 aliphatic heterocycles. The van der Waals surface area contributed by atoms with E-state index in [0.717, 1.165) is 12.0 Å². The molecular formula is C21H21NO. The average Bonchev–Trinajstić information content (AvgIpc) is 2.60. The van der Waals surface area contributed by atoms with Gasteiger partial charge in [0.2, 0.25) is 5.91 Å². The number of hydrogen-bond acceptors (Lipinski definition) is 1. The van der Waals surface area contributed by atoms with E-state index in [1.54, 1.807) is 4.90 Å². The SMILES string of the molecule is CN(Cc1ccccc1)C(=O)CCc1ccc2ccccc2c1. The average molecular weight is 303 g/mol. The number of aryl methyl sites for hydroxylation is 1. The number of hydrogen-bond donors (Lipinski definition) is 0. The summed E-state index contributed by atoms with van der Waals surface area (Å²) in [4.78, 5) is 14.1. The van der Waals surface area contributed by atoms with Crippen molar-refractivity contribution >= 4 is 16.7 Å². The van der Waals surface area contributed by atoms with Gasteiger partial charge in [-0.3, -0.25) is 4.79 Å². The zero-order chi connectivity index (χ0) is 16.1. The summed E-state index contributed by atoms with van der Waals surface area (Å²) in [5.41, 5.74) is 2.37. The van der Waals surface area contributed by atoms with Gasteiger partial charge in [-0.15, -0.1) is 0 Å². The molecule has 0 aliphatic carbocycles. The van der Waals surface area contributed by atoms with Gasteiger partial charge in [-0.05, 0) is 28.3 Å². The number of amides is 1. The van der Waals surface area contributed by atoms with Crippen LogP contribution in [-0.2, 0) is 17.8 Å². The number of nitrogens with zero attached hydrogens (tertiary/aromatic N) is 1. The third-order valence-electron chi connectivity index (χ3n) is 4.13. The molecule has 2 nitrogen and oxygen atoms in total. The third kappa shape index (κ3) is 3.98. The highest BCUT2D eigenvalue weighted by molar-refractivity contribution is 5.83. The maximum Gasteiger partial charge on any atom is 0.222 e. The van der Waals surface area contributed by atoms with Crippen molar-refractivity contribution in [3.05, 3.63) is 83.9 Å². The predicted molar refractivity (Wildman–Crippen MR) is 95.2 cm³/mol. The van der Waals surface area contributed by atoms with Crippen molar-refractivity contribution in [2.45, 2.75) is 19.4 Å². The zero-order valence-corrected chi connectivity index (χ0v) is 13.4. The lowest BCUT2D eigenvalue weighted by Gasteiger charge is -2.17. The largest absolute Gasteiger partial charge is 0.341 e. The Kier molecular flexibility index (Phi) is 4.72. The van der Waals surface area contributed by atoms with Gasteiger partial charge in [-0.25, -0.2) is 0 Å². The van der Waals surface area contributed by atoms with Crippen LogP contribution in [0.5, 0.6) is 0 Å². The summed E-state index contributed by atoms with van der Waals surface area (Å²) >= 11 is 0. The first kappa shape index (κ1) is 15.3. The molecule has 0 bridgehead atoms. The second-order valence-corrected chi connectivity index (χ2v) is 5.92. The fraction of sp³-hybridized carbons (Fsp3) is 0.190. The first-order chi connectivity index (χ1) is 11.2. The van der Waals surface area contributed by atoms with Gasteiger partial charge in [0.25, 0.3) is 0 Å². The van der Waals surface area contributed by atoms with Gasteiger partial charge >= 0.3 is 0 Å². The van der Waals surface area contributed by atoms with Crippen LogP contribution in [0.1, 0.15) is 17.5 Å². The molecule has 0 atom stereocenters. The van der Waals surface area contributed by atoms with Crippen LogP contribution in [0.3, 0.4) is 0 Å². The highest BCUT2D eigenvalue weighted by Gasteiger charge is 2.09. The van der Waals surface area contributed by atoms with Gasteiger partial charge in [0.15, 0.2) is 0 Å². The van der Waals surface area contributed by atoms with E-state index in [1.807, 2.05) is 49.5 Å². The van der Waals surface area contributed by atoms with Gasteiger partial charge in [-0.2, -0.15) is 0 Å². The van der Waals surface area contributed by atoms with Crippen molar-refractivity contribution in [3.63, 3.8) is 0 Å². The minimum Gasteiger partial charge on any atom is -0.341 e. The van der Waals surface area contributed by atoms with Crippen molar-refractivity contribution in [3.8, 4) is 0 Å². The summed E-state index contributed by atoms with van der Waals surface area (Å²) in [7, 11) is 1.87. The predicted octanol–water partition coefficient (Wildman–Crippen LogP) is 4.43. The Morgan fingerprint density at radius 1 is 0.826 bits per heavy atom. The molecule has 0 unspecified atom stereocenters. The Bertz CT molecular complexity index is 795. The summed E-state index contributed by atoms with van der Waals surface area (Å²) in [6, 6.07) is 24.8. The van der Waals surface area contributed by atoms with E-state index in [2.05, 4.69) is 30.3 Å². The second-order valence-electron chi connectivity index (χ2n) is 5.92. The molecule has 0 spiro atoms. The van der Waals surface area contributed by atoms with E-state index in [4.69, 9.17) is 0 Å². The smallest absolute Gasteiger partial charge is 0.222 e. The Balaban J connectivity index is 1.59. The van der Waals surface area contributed by atoms with E-state index in [1.165, 1.54) is 16.3 Å². The molecule has 0 fully saturated rings. The molecule has 0 heterocycles. The Labute approximate surface area is 137 Å². The number of benzene rings is 3. The van der Waals surface area contributed by atoms with Crippen LogP contribution >= 0.6 is 0 Å². The van der Waals surface area contributed by atoms with Crippen molar-refractivity contribution in [2.75, 3.05) is 7.05 Å². The van der Waals surface area contributed by atoms with Crippen molar-refractivity contribution in [1.82, 2.24) is 4.90 Å². The molecule has 0 saturated heterocycles. The van der Waals surface area contributed by atoms with Crippen molar-refractivity contribution in [1.29, 1.82) is 0 Å². The molecule has 3 rings (SSSR count). The molecule has 3 aromatic rings. The lowest BCUT2D eigenvalue weighted by molar-refractivity contribution is -0.130. The summed E-state index contributed by atoms with van der Waals surface area (Å²) in [6.07, 6.45) is 1.32. The third-order valence-corrected chi connectivity index (χ3v) is 4.13. The second kappa shape index (κ2) is 7.10. The van der Waals surface area contributed by atoms with Crippen molar-refractivity contribution in [2.24, 2.45) is 0 Å². The van der Waals surface area contributed by atoms with E-state index in [-0.39, 0.29) is 5.91 Å². The summed E-state index contributed by atoms with van der Waals surface area (Å²) in [5, 5.41) is 2.47. The molecule has 0 aliphatic rings. The fourth-order valence-electron chi connectivity index (χ4n) is 2.78. The van der Waals surface area contributed by atoms with Crippen LogP contribution in [0.2, 0.25) is 0 Å². The van der Waals surface area contributed by atoms with E-state index < -0.39 is 0 Å². The van der Waals surface area contributed by atoms with Gasteiger partial charge < -0.3 is 4.90 Å². The minimum absolute atomic E-state index is 0.182. The topological polar surface area (TPSA) is 20.3 Å². The van der Waals surface area contributed by atoms with Crippen LogP contribution in [0, 0.1) is 0 Å². The maximum absolute atomic E-state index is 12.3. The highest BCUT2D eigenvalue weighted by Crippen LogP contribution is 2.17. The molecular weight excluding hydrogens is 282 g/mol. The lowest BCUT2D eigenvalue weighted by Crippen LogP contribution is -2.26. The van der Waals surface area contributed by atoms with E-state index in [9.17, 15) is 4.79 Å². The van der Waals surface area contributed by atoms with Gasteiger partial charge in [0.1, 0.15) is 0 Å². The molecule has 1 amide bonds. The molecule has 23 heavy (non-hydrogen) atoms. The lowest BCUT2D eigenvalue weighted by atomic mass is 10.0. The number of fused-ring (bicyclic) bond motifs is 1. The maximum atomic E-state index is 12.3. The normalized spacial score (nSPS) is 10.7. The van der Waals surface area contributed by atoms with Crippen molar-refractivity contribution < 1.29 is 4.79 Å². The zero-order valence-electron chi connectivity index (χ0n) is 13.4. The van der Waals surface area contributed by atoms with Gasteiger partial charge in [0, 0.05) is 20.0 Å². The molecule has 0 radical (unpaired) electrons. The quantitative estimate of drug-likeness (QED) is 0.683. The minimum atomic E-state index is 0.182. The number of carbonyl (C=O) groups excluding carboxylic acids is 1. The highest BCUT2D eigenvalue weighted by atomic mass is 16.2. The number of rotatable bonds is 5. The summed E-state index contributed by atoms with van der Waals surface area (Å²) in [6.45, 7) is 0.664. The summed E-state index contributed by atoms with van der Waals surface area (Å²) in [5.74, 6) is 0.182. The fourth-order valence-corrected chi connectivity index (χ4v) is 2.78. The van der Waals surface area contributed by atoms with Crippen LogP contribution in [0.4, 0.5) is 0 Å². The van der Waals surface area contributed by atoms with Crippen LogP contribution in [0.25, 0.3) is 10.8 Å². The monoisotopic (exact) mass is 303 g/mol. The van der Waals surface area contributed by atoms with Crippen LogP contribution in [-0.4, -0.2) is 17.9 Å². The number of carbonyl (C=O) groups is 1. The van der Waals surface area contributed by atoms with E-state index in [0.29, 0.717) is 13.0 Å². The standard InChI is InChI=1S/C21H21NO/c1-22(16-18-7-3-2-4-8-18)21(23)14-12-17-11-13-19-9-5-6-10-20(19)15-17/h2-11,13,15H,12,14,16H2,1H3. The molecule has 116 valence electrons. The molecule has 0 saturated carbocycles.